The van der Waals surface area contributed by atoms with Crippen LogP contribution in [0.2, 0.25) is 5.15 Å². The molecular weight excluding hydrogens is 200 g/mol. The fourth-order valence-corrected chi connectivity index (χ4v) is 1.41. The van der Waals surface area contributed by atoms with E-state index in [0.717, 1.165) is 12.8 Å². The second-order valence-corrected chi connectivity index (χ2v) is 4.21. The lowest BCUT2D eigenvalue weighted by molar-refractivity contribution is 0.0935. The van der Waals surface area contributed by atoms with Crippen LogP contribution >= 0.6 is 11.6 Å². The number of carbonyl (C=O) groups excluding carboxylic acids is 1. The molecule has 0 atom stereocenters. The number of carbonyl (C=O) groups is 1. The largest absolute Gasteiger partial charge is 0.347 e. The van der Waals surface area contributed by atoms with Gasteiger partial charge >= 0.3 is 0 Å². The molecule has 1 aliphatic carbocycles. The fraction of sp³-hybridized carbons (Fsp3) is 0.400. The molecule has 0 saturated heterocycles. The number of nitrogens with zero attached hydrogens (tertiary/aromatic N) is 1. The Hall–Kier alpha value is -1.09. The summed E-state index contributed by atoms with van der Waals surface area (Å²) in [7, 11) is 0. The van der Waals surface area contributed by atoms with E-state index in [4.69, 9.17) is 11.6 Å². The molecule has 1 N–H and O–H groups in total. The van der Waals surface area contributed by atoms with Gasteiger partial charge < -0.3 is 5.32 Å². The van der Waals surface area contributed by atoms with Gasteiger partial charge in [-0.15, -0.1) is 0 Å². The molecule has 0 spiro atoms. The Kier molecular flexibility index (Phi) is 2.19. The Morgan fingerprint density at radius 3 is 2.93 bits per heavy atom. The third-order valence-electron chi connectivity index (χ3n) is 2.42. The Bertz CT molecular complexity index is 374. The predicted molar refractivity (Wildman–Crippen MR) is 54.4 cm³/mol. The molecule has 1 fully saturated rings. The number of aromatic nitrogens is 1. The Balaban J connectivity index is 2.15. The molecule has 0 radical (unpaired) electrons. The first kappa shape index (κ1) is 9.46. The molecule has 3 nitrogen and oxygen atoms in total. The van der Waals surface area contributed by atoms with Crippen molar-refractivity contribution in [3.63, 3.8) is 0 Å². The number of rotatable bonds is 2. The molecule has 1 heterocycles. The maximum absolute atomic E-state index is 11.7. The molecule has 1 amide bonds. The van der Waals surface area contributed by atoms with E-state index >= 15 is 0 Å². The highest BCUT2D eigenvalue weighted by atomic mass is 35.5. The highest BCUT2D eigenvalue weighted by molar-refractivity contribution is 6.32. The summed E-state index contributed by atoms with van der Waals surface area (Å²) in [5.41, 5.74) is 0.429. The van der Waals surface area contributed by atoms with Gasteiger partial charge in [-0.05, 0) is 31.9 Å². The lowest BCUT2D eigenvalue weighted by atomic mass is 10.2. The average Bonchev–Trinajstić information content (AvgIpc) is 2.84. The molecule has 0 unspecified atom stereocenters. The van der Waals surface area contributed by atoms with E-state index in [1.54, 1.807) is 18.3 Å². The minimum atomic E-state index is -0.136. The Labute approximate surface area is 87.5 Å². The van der Waals surface area contributed by atoms with Crippen molar-refractivity contribution in [3.05, 3.63) is 29.0 Å². The molecular formula is C10H11ClN2O. The van der Waals surface area contributed by atoms with Gasteiger partial charge in [-0.25, -0.2) is 4.98 Å². The van der Waals surface area contributed by atoms with Crippen molar-refractivity contribution in [3.8, 4) is 0 Å². The second-order valence-electron chi connectivity index (χ2n) is 3.86. The first-order chi connectivity index (χ1) is 6.61. The summed E-state index contributed by atoms with van der Waals surface area (Å²) in [6.45, 7) is 2.02. The number of hydrogen-bond donors (Lipinski definition) is 1. The van der Waals surface area contributed by atoms with Crippen LogP contribution in [0.15, 0.2) is 18.3 Å². The van der Waals surface area contributed by atoms with E-state index in [1.807, 2.05) is 6.92 Å². The van der Waals surface area contributed by atoms with Crippen molar-refractivity contribution < 1.29 is 4.79 Å². The second kappa shape index (κ2) is 3.24. The van der Waals surface area contributed by atoms with Gasteiger partial charge in [0.2, 0.25) is 0 Å². The quantitative estimate of drug-likeness (QED) is 0.759. The normalized spacial score (nSPS) is 17.6. The Morgan fingerprint density at radius 1 is 1.64 bits per heavy atom. The van der Waals surface area contributed by atoms with Gasteiger partial charge in [0.1, 0.15) is 5.15 Å². The zero-order valence-corrected chi connectivity index (χ0v) is 8.64. The molecule has 1 aliphatic rings. The standard InChI is InChI=1S/C10H11ClN2O/c1-10(4-5-10)13-9(14)7-3-2-6-12-8(7)11/h2-3,6H,4-5H2,1H3,(H,13,14). The monoisotopic (exact) mass is 210 g/mol. The van der Waals surface area contributed by atoms with E-state index < -0.39 is 0 Å². The summed E-state index contributed by atoms with van der Waals surface area (Å²) in [4.78, 5) is 15.5. The van der Waals surface area contributed by atoms with Crippen molar-refractivity contribution >= 4 is 17.5 Å². The van der Waals surface area contributed by atoms with Gasteiger partial charge in [-0.3, -0.25) is 4.79 Å². The van der Waals surface area contributed by atoms with Gasteiger partial charge in [0.25, 0.3) is 5.91 Å². The number of halogens is 1. The summed E-state index contributed by atoms with van der Waals surface area (Å²) in [5, 5.41) is 3.18. The lowest BCUT2D eigenvalue weighted by Gasteiger charge is -2.11. The number of hydrogen-bond acceptors (Lipinski definition) is 2. The minimum Gasteiger partial charge on any atom is -0.347 e. The smallest absolute Gasteiger partial charge is 0.254 e. The van der Waals surface area contributed by atoms with Crippen molar-refractivity contribution in [1.29, 1.82) is 0 Å². The molecule has 0 aliphatic heterocycles. The van der Waals surface area contributed by atoms with Crippen molar-refractivity contribution in [2.75, 3.05) is 0 Å². The van der Waals surface area contributed by atoms with Crippen molar-refractivity contribution in [2.45, 2.75) is 25.3 Å². The van der Waals surface area contributed by atoms with Crippen molar-refractivity contribution in [1.82, 2.24) is 10.3 Å². The highest BCUT2D eigenvalue weighted by Crippen LogP contribution is 2.34. The van der Waals surface area contributed by atoms with Gasteiger partial charge in [0, 0.05) is 11.7 Å². The van der Waals surface area contributed by atoms with E-state index in [0.29, 0.717) is 5.56 Å². The number of amides is 1. The molecule has 0 aromatic carbocycles. The number of pyridine rings is 1. The summed E-state index contributed by atoms with van der Waals surface area (Å²) in [6, 6.07) is 3.38. The van der Waals surface area contributed by atoms with Crippen LogP contribution < -0.4 is 5.32 Å². The minimum absolute atomic E-state index is 0.0176. The van der Waals surface area contributed by atoms with Crippen LogP contribution in [0.4, 0.5) is 0 Å². The van der Waals surface area contributed by atoms with Crippen LogP contribution in [0, 0.1) is 0 Å². The van der Waals surface area contributed by atoms with Gasteiger partial charge in [-0.1, -0.05) is 11.6 Å². The van der Waals surface area contributed by atoms with Gasteiger partial charge in [-0.2, -0.15) is 0 Å². The summed E-state index contributed by atoms with van der Waals surface area (Å²) in [5.74, 6) is -0.136. The van der Waals surface area contributed by atoms with Crippen LogP contribution in [0.5, 0.6) is 0 Å². The van der Waals surface area contributed by atoms with Crippen LogP contribution in [-0.2, 0) is 0 Å². The topological polar surface area (TPSA) is 42.0 Å². The molecule has 4 heteroatoms. The summed E-state index contributed by atoms with van der Waals surface area (Å²) >= 11 is 5.80. The maximum Gasteiger partial charge on any atom is 0.254 e. The molecule has 14 heavy (non-hydrogen) atoms. The zero-order chi connectivity index (χ0) is 10.2. The van der Waals surface area contributed by atoms with E-state index in [1.165, 1.54) is 0 Å². The molecule has 2 rings (SSSR count). The lowest BCUT2D eigenvalue weighted by Crippen LogP contribution is -2.34. The van der Waals surface area contributed by atoms with E-state index in [9.17, 15) is 4.79 Å². The molecule has 1 saturated carbocycles. The third-order valence-corrected chi connectivity index (χ3v) is 2.72. The summed E-state index contributed by atoms with van der Waals surface area (Å²) in [6.07, 6.45) is 3.64. The molecule has 74 valence electrons. The SMILES string of the molecule is CC1(NC(=O)c2cccnc2Cl)CC1. The van der Waals surface area contributed by atoms with Gasteiger partial charge in [0.15, 0.2) is 0 Å². The van der Waals surface area contributed by atoms with Crippen molar-refractivity contribution in [2.24, 2.45) is 0 Å². The van der Waals surface area contributed by atoms with E-state index in [2.05, 4.69) is 10.3 Å². The average molecular weight is 211 g/mol. The van der Waals surface area contributed by atoms with Crippen LogP contribution in [0.25, 0.3) is 0 Å². The Morgan fingerprint density at radius 2 is 2.36 bits per heavy atom. The highest BCUT2D eigenvalue weighted by Gasteiger charge is 2.39. The molecule has 1 aromatic rings. The van der Waals surface area contributed by atoms with Crippen LogP contribution in [-0.4, -0.2) is 16.4 Å². The molecule has 0 bridgehead atoms. The number of nitrogens with one attached hydrogen (secondary N) is 1. The van der Waals surface area contributed by atoms with Crippen LogP contribution in [0.1, 0.15) is 30.1 Å². The maximum atomic E-state index is 11.7. The van der Waals surface area contributed by atoms with Crippen LogP contribution in [0.3, 0.4) is 0 Å². The zero-order valence-electron chi connectivity index (χ0n) is 7.88. The van der Waals surface area contributed by atoms with Gasteiger partial charge in [0.05, 0.1) is 5.56 Å². The summed E-state index contributed by atoms with van der Waals surface area (Å²) < 4.78 is 0. The first-order valence-corrected chi connectivity index (χ1v) is 4.92. The fourth-order valence-electron chi connectivity index (χ4n) is 1.21. The third kappa shape index (κ3) is 1.87. The first-order valence-electron chi connectivity index (χ1n) is 4.54. The van der Waals surface area contributed by atoms with E-state index in [-0.39, 0.29) is 16.6 Å². The molecule has 1 aromatic heterocycles. The predicted octanol–water partition coefficient (Wildman–Crippen LogP) is 2.02.